The first kappa shape index (κ1) is 15.9. The quantitative estimate of drug-likeness (QED) is 0.886. The van der Waals surface area contributed by atoms with Crippen molar-refractivity contribution in [1.82, 2.24) is 4.98 Å². The monoisotopic (exact) mass is 322 g/mol. The molecule has 4 nitrogen and oxygen atoms in total. The highest BCUT2D eigenvalue weighted by Gasteiger charge is 2.11. The van der Waals surface area contributed by atoms with E-state index in [2.05, 4.69) is 17.2 Å². The summed E-state index contributed by atoms with van der Waals surface area (Å²) in [5, 5.41) is 5.19. The van der Waals surface area contributed by atoms with Crippen LogP contribution in [0.1, 0.15) is 35.3 Å². The van der Waals surface area contributed by atoms with Gasteiger partial charge in [0.1, 0.15) is 0 Å². The smallest absolute Gasteiger partial charge is 0.284 e. The maximum absolute atomic E-state index is 12.1. The largest absolute Gasteiger partial charge is 0.320 e. The molecule has 1 unspecified atom stereocenters. The fraction of sp³-hybridized carbons (Fsp3) is 0.333. The van der Waals surface area contributed by atoms with Crippen LogP contribution in [0, 0.1) is 0 Å². The number of unbranched alkanes of at least 4 members (excludes halogenated alkanes) is 1. The Balaban J connectivity index is 2.05. The van der Waals surface area contributed by atoms with Crippen molar-refractivity contribution >= 4 is 33.7 Å². The summed E-state index contributed by atoms with van der Waals surface area (Å²) in [5.74, 6) is -0.221. The normalized spacial score (nSPS) is 12.1. The van der Waals surface area contributed by atoms with Gasteiger partial charge in [-0.3, -0.25) is 9.00 Å². The van der Waals surface area contributed by atoms with Crippen LogP contribution in [0.3, 0.4) is 0 Å². The van der Waals surface area contributed by atoms with Crippen molar-refractivity contribution in [3.05, 3.63) is 40.3 Å². The van der Waals surface area contributed by atoms with E-state index in [1.54, 1.807) is 30.5 Å². The van der Waals surface area contributed by atoms with Crippen LogP contribution in [-0.2, 0) is 17.2 Å². The van der Waals surface area contributed by atoms with Crippen LogP contribution >= 0.6 is 11.3 Å². The molecule has 1 aromatic heterocycles. The van der Waals surface area contributed by atoms with Crippen LogP contribution in [0.5, 0.6) is 0 Å². The molecule has 2 rings (SSSR count). The Hall–Kier alpha value is -1.53. The SMILES string of the molecule is CCCCc1csc(C(=O)Nc2cccc(S(C)=O)c2)n1. The fourth-order valence-electron chi connectivity index (χ4n) is 1.82. The first-order valence-electron chi connectivity index (χ1n) is 6.79. The minimum Gasteiger partial charge on any atom is -0.320 e. The number of hydrogen-bond donors (Lipinski definition) is 1. The molecule has 0 aliphatic heterocycles. The minimum atomic E-state index is -1.06. The van der Waals surface area contributed by atoms with E-state index in [9.17, 15) is 9.00 Å². The molecule has 0 spiro atoms. The molecule has 1 atom stereocenters. The van der Waals surface area contributed by atoms with E-state index in [0.29, 0.717) is 15.6 Å². The number of carbonyl (C=O) groups is 1. The number of amides is 1. The van der Waals surface area contributed by atoms with E-state index in [1.165, 1.54) is 11.3 Å². The summed E-state index contributed by atoms with van der Waals surface area (Å²) in [5.41, 5.74) is 1.61. The van der Waals surface area contributed by atoms with Gasteiger partial charge in [0.05, 0.1) is 5.69 Å². The molecular formula is C15H18N2O2S2. The molecule has 0 saturated heterocycles. The van der Waals surface area contributed by atoms with Gasteiger partial charge < -0.3 is 5.32 Å². The van der Waals surface area contributed by atoms with Crippen molar-refractivity contribution in [2.24, 2.45) is 0 Å². The molecular weight excluding hydrogens is 304 g/mol. The summed E-state index contributed by atoms with van der Waals surface area (Å²) < 4.78 is 11.4. The Morgan fingerprint density at radius 1 is 1.43 bits per heavy atom. The predicted molar refractivity (Wildman–Crippen MR) is 87.5 cm³/mol. The number of rotatable bonds is 6. The molecule has 0 fully saturated rings. The second kappa shape index (κ2) is 7.47. The Bertz CT molecular complexity index is 653. The van der Waals surface area contributed by atoms with E-state index < -0.39 is 10.8 Å². The Morgan fingerprint density at radius 2 is 2.24 bits per heavy atom. The Kier molecular flexibility index (Phi) is 5.64. The number of nitrogens with one attached hydrogen (secondary N) is 1. The standard InChI is InChI=1S/C15H18N2O2S2/c1-3-4-6-12-10-20-15(17-12)14(18)16-11-7-5-8-13(9-11)21(2)19/h5,7-10H,3-4,6H2,1-2H3,(H,16,18). The topological polar surface area (TPSA) is 59.1 Å². The maximum Gasteiger partial charge on any atom is 0.284 e. The zero-order valence-corrected chi connectivity index (χ0v) is 13.7. The Morgan fingerprint density at radius 3 is 2.95 bits per heavy atom. The van der Waals surface area contributed by atoms with Gasteiger partial charge in [0.2, 0.25) is 0 Å². The average molecular weight is 322 g/mol. The molecule has 21 heavy (non-hydrogen) atoms. The number of nitrogens with zero attached hydrogens (tertiary/aromatic N) is 1. The van der Waals surface area contributed by atoms with Gasteiger partial charge in [-0.1, -0.05) is 19.4 Å². The van der Waals surface area contributed by atoms with Crippen LogP contribution in [0.2, 0.25) is 0 Å². The minimum absolute atomic E-state index is 0.221. The molecule has 6 heteroatoms. The van der Waals surface area contributed by atoms with Gasteiger partial charge in [0.25, 0.3) is 5.91 Å². The van der Waals surface area contributed by atoms with Gasteiger partial charge in [-0.2, -0.15) is 0 Å². The van der Waals surface area contributed by atoms with Crippen molar-refractivity contribution in [1.29, 1.82) is 0 Å². The van der Waals surface area contributed by atoms with E-state index >= 15 is 0 Å². The molecule has 112 valence electrons. The van der Waals surface area contributed by atoms with Gasteiger partial charge in [0, 0.05) is 33.0 Å². The molecule has 2 aromatic rings. The lowest BCUT2D eigenvalue weighted by Crippen LogP contribution is -2.12. The van der Waals surface area contributed by atoms with Crippen LogP contribution in [0.15, 0.2) is 34.5 Å². The van der Waals surface area contributed by atoms with E-state index in [-0.39, 0.29) is 5.91 Å². The predicted octanol–water partition coefficient (Wildman–Crippen LogP) is 3.48. The number of anilines is 1. The number of aromatic nitrogens is 1. The summed E-state index contributed by atoms with van der Waals surface area (Å²) in [6, 6.07) is 7.05. The highest BCUT2D eigenvalue weighted by Crippen LogP contribution is 2.17. The number of carbonyl (C=O) groups excluding carboxylic acids is 1. The molecule has 0 saturated carbocycles. The van der Waals surface area contributed by atoms with E-state index in [0.717, 1.165) is 25.0 Å². The highest BCUT2D eigenvalue weighted by molar-refractivity contribution is 7.84. The van der Waals surface area contributed by atoms with Crippen molar-refractivity contribution in [3.63, 3.8) is 0 Å². The number of benzene rings is 1. The van der Waals surface area contributed by atoms with Gasteiger partial charge in [0.15, 0.2) is 5.01 Å². The van der Waals surface area contributed by atoms with Crippen LogP contribution in [0.25, 0.3) is 0 Å². The third-order valence-electron chi connectivity index (χ3n) is 2.96. The van der Waals surface area contributed by atoms with Gasteiger partial charge in [-0.05, 0) is 31.0 Å². The van der Waals surface area contributed by atoms with Crippen LogP contribution in [-0.4, -0.2) is 21.4 Å². The van der Waals surface area contributed by atoms with Crippen molar-refractivity contribution in [2.45, 2.75) is 31.1 Å². The summed E-state index contributed by atoms with van der Waals surface area (Å²) in [4.78, 5) is 17.2. The van der Waals surface area contributed by atoms with Crippen LogP contribution in [0.4, 0.5) is 5.69 Å². The van der Waals surface area contributed by atoms with Crippen LogP contribution < -0.4 is 5.32 Å². The van der Waals surface area contributed by atoms with Crippen molar-refractivity contribution in [2.75, 3.05) is 11.6 Å². The third-order valence-corrected chi connectivity index (χ3v) is 4.76. The zero-order valence-electron chi connectivity index (χ0n) is 12.1. The van der Waals surface area contributed by atoms with Gasteiger partial charge in [-0.25, -0.2) is 4.98 Å². The number of hydrogen-bond acceptors (Lipinski definition) is 4. The lowest BCUT2D eigenvalue weighted by Gasteiger charge is -2.04. The molecule has 0 aliphatic rings. The summed E-state index contributed by atoms with van der Waals surface area (Å²) in [7, 11) is -1.06. The molecule has 1 amide bonds. The molecule has 1 aromatic carbocycles. The van der Waals surface area contributed by atoms with E-state index in [1.807, 2.05) is 5.38 Å². The first-order chi connectivity index (χ1) is 10.1. The summed E-state index contributed by atoms with van der Waals surface area (Å²) in [6.07, 6.45) is 4.71. The molecule has 1 N–H and O–H groups in total. The molecule has 0 radical (unpaired) electrons. The summed E-state index contributed by atoms with van der Waals surface area (Å²) >= 11 is 1.35. The second-order valence-corrected chi connectivity index (χ2v) is 6.92. The first-order valence-corrected chi connectivity index (χ1v) is 9.23. The number of thiazole rings is 1. The van der Waals surface area contributed by atoms with Gasteiger partial charge >= 0.3 is 0 Å². The average Bonchev–Trinajstić information content (AvgIpc) is 2.94. The molecule has 0 bridgehead atoms. The summed E-state index contributed by atoms with van der Waals surface area (Å²) in [6.45, 7) is 2.13. The fourth-order valence-corrected chi connectivity index (χ4v) is 3.13. The third kappa shape index (κ3) is 4.47. The van der Waals surface area contributed by atoms with Crippen molar-refractivity contribution < 1.29 is 9.00 Å². The highest BCUT2D eigenvalue weighted by atomic mass is 32.2. The zero-order chi connectivity index (χ0) is 15.2. The van der Waals surface area contributed by atoms with Gasteiger partial charge in [-0.15, -0.1) is 11.3 Å². The maximum atomic E-state index is 12.1. The van der Waals surface area contributed by atoms with E-state index in [4.69, 9.17) is 0 Å². The second-order valence-electron chi connectivity index (χ2n) is 4.68. The molecule has 0 aliphatic carbocycles. The number of aryl methyl sites for hydroxylation is 1. The lowest BCUT2D eigenvalue weighted by atomic mass is 10.2. The molecule has 1 heterocycles. The lowest BCUT2D eigenvalue weighted by molar-refractivity contribution is 0.102. The Labute approximate surface area is 131 Å². The van der Waals surface area contributed by atoms with Crippen molar-refractivity contribution in [3.8, 4) is 0 Å².